The summed E-state index contributed by atoms with van der Waals surface area (Å²) in [5.41, 5.74) is 12.8. The van der Waals surface area contributed by atoms with E-state index in [1.54, 1.807) is 14.2 Å². The highest BCUT2D eigenvalue weighted by Gasteiger charge is 2.15. The molecule has 1 aromatic carbocycles. The predicted octanol–water partition coefficient (Wildman–Crippen LogP) is 13.5. The molecule has 0 N–H and O–H groups in total. The molecule has 0 saturated carbocycles. The molecule has 0 spiro atoms. The van der Waals surface area contributed by atoms with Crippen LogP contribution in [0, 0.1) is 6.92 Å². The van der Waals surface area contributed by atoms with Crippen molar-refractivity contribution >= 4 is 12.2 Å². The average Bonchev–Trinajstić information content (AvgIpc) is 3.06. The maximum atomic E-state index is 5.91. The topological polar surface area (TPSA) is 18.5 Å². The lowest BCUT2D eigenvalue weighted by atomic mass is 9.97. The maximum Gasteiger partial charge on any atom is 0.130 e. The Kier molecular flexibility index (Phi) is 23.0. The summed E-state index contributed by atoms with van der Waals surface area (Å²) in [6.07, 6.45) is 35.7. The number of hydrogen-bond donors (Lipinski definition) is 0. The van der Waals surface area contributed by atoms with E-state index >= 15 is 0 Å². The molecule has 1 rings (SSSR count). The van der Waals surface area contributed by atoms with Crippen LogP contribution in [0.5, 0.6) is 11.5 Å². The summed E-state index contributed by atoms with van der Waals surface area (Å²) < 4.78 is 11.7. The van der Waals surface area contributed by atoms with Gasteiger partial charge in [-0.05, 0) is 165 Å². The van der Waals surface area contributed by atoms with Gasteiger partial charge < -0.3 is 9.47 Å². The second-order valence-corrected chi connectivity index (χ2v) is 14.6. The van der Waals surface area contributed by atoms with Crippen LogP contribution in [-0.4, -0.2) is 14.2 Å². The summed E-state index contributed by atoms with van der Waals surface area (Å²) in [5.74, 6) is 1.91. The zero-order chi connectivity index (χ0) is 37.5. The molecule has 0 unspecified atom stereocenters. The van der Waals surface area contributed by atoms with Gasteiger partial charge in [0.25, 0.3) is 0 Å². The van der Waals surface area contributed by atoms with Crippen molar-refractivity contribution in [1.82, 2.24) is 0 Å². The first-order chi connectivity index (χ1) is 23.9. The minimum Gasteiger partial charge on any atom is -0.496 e. The van der Waals surface area contributed by atoms with Crippen molar-refractivity contribution in [2.75, 3.05) is 14.2 Å². The van der Waals surface area contributed by atoms with E-state index in [0.29, 0.717) is 0 Å². The molecule has 0 saturated heterocycles. The third-order valence-electron chi connectivity index (χ3n) is 9.74. The Morgan fingerprint density at radius 3 is 1.04 bits per heavy atom. The van der Waals surface area contributed by atoms with Crippen molar-refractivity contribution in [1.29, 1.82) is 0 Å². The van der Waals surface area contributed by atoms with Crippen LogP contribution in [0.15, 0.2) is 81.5 Å². The van der Waals surface area contributed by atoms with Crippen LogP contribution in [0.4, 0.5) is 0 Å². The van der Waals surface area contributed by atoms with Gasteiger partial charge in [-0.3, -0.25) is 0 Å². The molecular formula is C48H74O2. The second-order valence-electron chi connectivity index (χ2n) is 14.6. The van der Waals surface area contributed by atoms with Crippen LogP contribution < -0.4 is 19.9 Å². The van der Waals surface area contributed by atoms with Crippen LogP contribution in [0.1, 0.15) is 157 Å². The molecule has 0 heterocycles. The summed E-state index contributed by atoms with van der Waals surface area (Å²) >= 11 is 0. The zero-order valence-electron chi connectivity index (χ0n) is 34.7. The normalized spacial score (nSPS) is 14.5. The fourth-order valence-corrected chi connectivity index (χ4v) is 6.44. The van der Waals surface area contributed by atoms with Crippen molar-refractivity contribution in [3.05, 3.63) is 103 Å². The highest BCUT2D eigenvalue weighted by atomic mass is 16.5. The van der Waals surface area contributed by atoms with E-state index in [1.807, 2.05) is 0 Å². The highest BCUT2D eigenvalue weighted by Crippen LogP contribution is 2.25. The van der Waals surface area contributed by atoms with E-state index in [9.17, 15) is 0 Å². The Balaban J connectivity index is 2.48. The summed E-state index contributed by atoms with van der Waals surface area (Å²) in [4.78, 5) is 0. The molecule has 0 amide bonds. The lowest BCUT2D eigenvalue weighted by molar-refractivity contribution is 0.391. The molecule has 1 aromatic rings. The molecule has 0 aliphatic heterocycles. The Labute approximate surface area is 309 Å². The van der Waals surface area contributed by atoms with Gasteiger partial charge in [-0.2, -0.15) is 0 Å². The molecule has 0 fully saturated rings. The number of methoxy groups -OCH3 is 2. The molecule has 0 radical (unpaired) electrons. The zero-order valence-corrected chi connectivity index (χ0v) is 34.7. The smallest absolute Gasteiger partial charge is 0.130 e. The maximum absolute atomic E-state index is 5.91. The number of ether oxygens (including phenoxy) is 2. The van der Waals surface area contributed by atoms with E-state index in [-0.39, 0.29) is 0 Å². The Bertz CT molecular complexity index is 1530. The van der Waals surface area contributed by atoms with Gasteiger partial charge in [-0.25, -0.2) is 0 Å². The predicted molar refractivity (Wildman–Crippen MR) is 225 cm³/mol. The SMILES string of the molecule is C/C=c1/c(OC)c(C)c(C/C=C(\C)CC/C=C(\C)CC/C=C(\C)CC/C=C(\C)CC/C=C(\C)CC/C=C(\C)CCC=C(C)C)c(OC)/c1=C/C. The fourth-order valence-electron chi connectivity index (χ4n) is 6.44. The van der Waals surface area contributed by atoms with Gasteiger partial charge in [0.05, 0.1) is 14.2 Å². The lowest BCUT2D eigenvalue weighted by Gasteiger charge is -2.16. The standard InChI is InChI=1S/C48H74O2/c1-14-44-45(15-2)48(50-13)46(43(11)47(44)49-12)35-34-42(10)33-21-32-41(9)31-20-30-40(8)29-19-28-39(7)27-18-26-38(6)25-17-24-37(5)23-16-22-36(3)4/h14-15,22,24,26,28,30,32,34H,16-21,23,25,27,29,31,33,35H2,1-13H3/b37-24+,38-26+,39-28+,40-30+,41-32+,42-34+,44-14+,45-15+. The van der Waals surface area contributed by atoms with Gasteiger partial charge in [0.2, 0.25) is 0 Å². The van der Waals surface area contributed by atoms with Crippen molar-refractivity contribution in [2.24, 2.45) is 0 Å². The minimum absolute atomic E-state index is 0.843. The summed E-state index contributed by atoms with van der Waals surface area (Å²) in [6, 6.07) is 0. The van der Waals surface area contributed by atoms with Gasteiger partial charge in [0.1, 0.15) is 11.5 Å². The average molecular weight is 683 g/mol. The van der Waals surface area contributed by atoms with Crippen molar-refractivity contribution in [3.8, 4) is 11.5 Å². The monoisotopic (exact) mass is 683 g/mol. The van der Waals surface area contributed by atoms with Crippen LogP contribution in [0.3, 0.4) is 0 Å². The van der Waals surface area contributed by atoms with Crippen molar-refractivity contribution in [2.45, 2.75) is 160 Å². The van der Waals surface area contributed by atoms with Gasteiger partial charge in [-0.15, -0.1) is 0 Å². The van der Waals surface area contributed by atoms with Crippen LogP contribution in [0.2, 0.25) is 0 Å². The van der Waals surface area contributed by atoms with Crippen molar-refractivity contribution < 1.29 is 9.47 Å². The van der Waals surface area contributed by atoms with Crippen LogP contribution in [0.25, 0.3) is 12.2 Å². The minimum atomic E-state index is 0.843. The molecule has 0 bridgehead atoms. The number of hydrogen-bond acceptors (Lipinski definition) is 2. The quantitative estimate of drug-likeness (QED) is 0.113. The lowest BCUT2D eigenvalue weighted by Crippen LogP contribution is -2.30. The summed E-state index contributed by atoms with van der Waals surface area (Å²) in [6.45, 7) is 24.3. The first-order valence-electron chi connectivity index (χ1n) is 19.3. The molecule has 0 aliphatic rings. The Morgan fingerprint density at radius 1 is 0.440 bits per heavy atom. The Morgan fingerprint density at radius 2 is 0.740 bits per heavy atom. The third-order valence-corrected chi connectivity index (χ3v) is 9.74. The third kappa shape index (κ3) is 17.6. The van der Waals surface area contributed by atoms with Gasteiger partial charge in [0.15, 0.2) is 0 Å². The molecule has 2 nitrogen and oxygen atoms in total. The van der Waals surface area contributed by atoms with Crippen molar-refractivity contribution in [3.63, 3.8) is 0 Å². The van der Waals surface area contributed by atoms with Crippen LogP contribution in [-0.2, 0) is 6.42 Å². The van der Waals surface area contributed by atoms with E-state index in [2.05, 4.69) is 131 Å². The van der Waals surface area contributed by atoms with E-state index in [1.165, 1.54) is 70.3 Å². The Hall–Kier alpha value is -3.26. The molecule has 2 heteroatoms. The van der Waals surface area contributed by atoms with Crippen LogP contribution >= 0.6 is 0 Å². The molecule has 50 heavy (non-hydrogen) atoms. The van der Waals surface area contributed by atoms with E-state index in [4.69, 9.17) is 9.47 Å². The molecule has 0 atom stereocenters. The number of benzene rings is 1. The summed E-state index contributed by atoms with van der Waals surface area (Å²) in [7, 11) is 3.53. The highest BCUT2D eigenvalue weighted by molar-refractivity contribution is 5.55. The molecule has 278 valence electrons. The largest absolute Gasteiger partial charge is 0.496 e. The molecular weight excluding hydrogens is 609 g/mol. The number of allylic oxidation sites excluding steroid dienone is 14. The van der Waals surface area contributed by atoms with Gasteiger partial charge >= 0.3 is 0 Å². The summed E-state index contributed by atoms with van der Waals surface area (Å²) in [5, 5.41) is 2.21. The van der Waals surface area contributed by atoms with Gasteiger partial charge in [0, 0.05) is 16.0 Å². The second kappa shape index (κ2) is 25.7. The number of rotatable bonds is 22. The fraction of sp³-hybridized carbons (Fsp3) is 0.542. The van der Waals surface area contributed by atoms with E-state index < -0.39 is 0 Å². The van der Waals surface area contributed by atoms with E-state index in [0.717, 1.165) is 85.3 Å². The first-order valence-corrected chi connectivity index (χ1v) is 19.3. The van der Waals surface area contributed by atoms with Gasteiger partial charge in [-0.1, -0.05) is 93.7 Å². The molecule has 0 aliphatic carbocycles. The molecule has 0 aromatic heterocycles. The first kappa shape index (κ1) is 44.8.